The number of hydrogen-bond donors (Lipinski definition) is 0. The fourth-order valence-corrected chi connectivity index (χ4v) is 3.53. The molecule has 2 aromatic carbocycles. The number of fused-ring (bicyclic) bond motifs is 1. The van der Waals surface area contributed by atoms with Gasteiger partial charge in [0.25, 0.3) is 0 Å². The summed E-state index contributed by atoms with van der Waals surface area (Å²) in [5, 5.41) is 0. The molecular formula is C22H26O2. The van der Waals surface area contributed by atoms with Crippen molar-refractivity contribution in [2.45, 2.75) is 53.8 Å². The summed E-state index contributed by atoms with van der Waals surface area (Å²) in [5.74, 6) is 1.98. The van der Waals surface area contributed by atoms with Crippen LogP contribution in [0, 0.1) is 20.8 Å². The highest BCUT2D eigenvalue weighted by atomic mass is 16.5. The van der Waals surface area contributed by atoms with Crippen LogP contribution in [0.15, 0.2) is 36.4 Å². The number of benzene rings is 2. The van der Waals surface area contributed by atoms with Crippen molar-refractivity contribution in [2.24, 2.45) is 0 Å². The molecule has 1 heterocycles. The van der Waals surface area contributed by atoms with Crippen LogP contribution in [0.1, 0.15) is 48.6 Å². The highest BCUT2D eigenvalue weighted by Crippen LogP contribution is 2.45. The van der Waals surface area contributed by atoms with Crippen molar-refractivity contribution in [3.63, 3.8) is 0 Å². The van der Waals surface area contributed by atoms with Crippen LogP contribution in [-0.2, 0) is 6.61 Å². The van der Waals surface area contributed by atoms with Gasteiger partial charge in [0.05, 0.1) is 0 Å². The largest absolute Gasteiger partial charge is 0.488 e. The van der Waals surface area contributed by atoms with Gasteiger partial charge in [-0.15, -0.1) is 0 Å². The highest BCUT2D eigenvalue weighted by Gasteiger charge is 2.30. The van der Waals surface area contributed by atoms with Crippen LogP contribution < -0.4 is 9.47 Å². The molecule has 1 aliphatic rings. The average molecular weight is 322 g/mol. The summed E-state index contributed by atoms with van der Waals surface area (Å²) in [7, 11) is 0. The number of rotatable bonds is 3. The zero-order valence-electron chi connectivity index (χ0n) is 15.5. The van der Waals surface area contributed by atoms with E-state index in [9.17, 15) is 0 Å². The molecule has 0 saturated carbocycles. The first-order valence-corrected chi connectivity index (χ1v) is 8.49. The summed E-state index contributed by atoms with van der Waals surface area (Å²) in [6.45, 7) is 13.3. The van der Waals surface area contributed by atoms with E-state index in [2.05, 4.69) is 59.8 Å². The fourth-order valence-electron chi connectivity index (χ4n) is 3.53. The minimum Gasteiger partial charge on any atom is -0.488 e. The van der Waals surface area contributed by atoms with Crippen LogP contribution >= 0.6 is 0 Å². The number of allylic oxidation sites excluding steroid dienone is 1. The third-order valence-corrected chi connectivity index (χ3v) is 4.74. The van der Waals surface area contributed by atoms with Crippen LogP contribution in [0.4, 0.5) is 0 Å². The summed E-state index contributed by atoms with van der Waals surface area (Å²) >= 11 is 0. The van der Waals surface area contributed by atoms with Crippen molar-refractivity contribution >= 4 is 5.57 Å². The quantitative estimate of drug-likeness (QED) is 0.714. The van der Waals surface area contributed by atoms with E-state index < -0.39 is 0 Å². The molecule has 0 aromatic heterocycles. The highest BCUT2D eigenvalue weighted by molar-refractivity contribution is 5.79. The van der Waals surface area contributed by atoms with Gasteiger partial charge in [0, 0.05) is 11.1 Å². The SMILES string of the molecule is CC1=CC(C)(C)Oc2c(C)c(C)c(OCc3ccccc3)c(C)c21. The number of hydrogen-bond acceptors (Lipinski definition) is 2. The van der Waals surface area contributed by atoms with Crippen molar-refractivity contribution < 1.29 is 9.47 Å². The molecule has 24 heavy (non-hydrogen) atoms. The van der Waals surface area contributed by atoms with Gasteiger partial charge in [0.2, 0.25) is 0 Å². The van der Waals surface area contributed by atoms with Gasteiger partial charge in [-0.3, -0.25) is 0 Å². The monoisotopic (exact) mass is 322 g/mol. The molecule has 0 spiro atoms. The van der Waals surface area contributed by atoms with Gasteiger partial charge in [-0.05, 0) is 69.9 Å². The normalized spacial score (nSPS) is 15.3. The molecule has 0 N–H and O–H groups in total. The summed E-state index contributed by atoms with van der Waals surface area (Å²) in [6.07, 6.45) is 2.19. The first-order valence-electron chi connectivity index (χ1n) is 8.49. The van der Waals surface area contributed by atoms with Crippen LogP contribution in [0.2, 0.25) is 0 Å². The molecule has 0 unspecified atom stereocenters. The first kappa shape index (κ1) is 16.6. The van der Waals surface area contributed by atoms with Crippen molar-refractivity contribution in [2.75, 3.05) is 0 Å². The lowest BCUT2D eigenvalue weighted by Crippen LogP contribution is -2.29. The lowest BCUT2D eigenvalue weighted by molar-refractivity contribution is 0.156. The maximum Gasteiger partial charge on any atom is 0.131 e. The van der Waals surface area contributed by atoms with E-state index in [1.807, 2.05) is 18.2 Å². The number of ether oxygens (including phenoxy) is 2. The maximum absolute atomic E-state index is 6.27. The fraction of sp³-hybridized carbons (Fsp3) is 0.364. The molecule has 1 aliphatic heterocycles. The van der Waals surface area contributed by atoms with E-state index in [4.69, 9.17) is 9.47 Å². The Morgan fingerprint density at radius 2 is 1.58 bits per heavy atom. The van der Waals surface area contributed by atoms with Crippen LogP contribution in [0.25, 0.3) is 5.57 Å². The zero-order valence-corrected chi connectivity index (χ0v) is 15.5. The Morgan fingerprint density at radius 1 is 0.917 bits per heavy atom. The van der Waals surface area contributed by atoms with Crippen molar-refractivity contribution in [3.8, 4) is 11.5 Å². The third-order valence-electron chi connectivity index (χ3n) is 4.74. The lowest BCUT2D eigenvalue weighted by Gasteiger charge is -2.33. The standard InChI is InChI=1S/C22H26O2/c1-14-12-22(5,6)24-21-16(3)15(2)20(17(4)19(14)21)23-13-18-10-8-7-9-11-18/h7-12H,13H2,1-6H3. The second kappa shape index (κ2) is 6.01. The minimum absolute atomic E-state index is 0.271. The molecule has 0 amide bonds. The lowest BCUT2D eigenvalue weighted by atomic mass is 9.88. The molecule has 0 aliphatic carbocycles. The summed E-state index contributed by atoms with van der Waals surface area (Å²) in [5.41, 5.74) is 6.83. The van der Waals surface area contributed by atoms with E-state index in [-0.39, 0.29) is 5.60 Å². The van der Waals surface area contributed by atoms with E-state index in [0.717, 1.165) is 22.6 Å². The predicted molar refractivity (Wildman–Crippen MR) is 99.8 cm³/mol. The van der Waals surface area contributed by atoms with Gasteiger partial charge in [-0.1, -0.05) is 30.3 Å². The van der Waals surface area contributed by atoms with Crippen LogP contribution in [0.3, 0.4) is 0 Å². The Bertz CT molecular complexity index is 799. The molecule has 2 aromatic rings. The molecule has 126 valence electrons. The van der Waals surface area contributed by atoms with E-state index >= 15 is 0 Å². The Labute approximate surface area is 145 Å². The molecule has 2 nitrogen and oxygen atoms in total. The second-order valence-electron chi connectivity index (χ2n) is 7.22. The van der Waals surface area contributed by atoms with Crippen molar-refractivity contribution in [1.82, 2.24) is 0 Å². The van der Waals surface area contributed by atoms with Crippen LogP contribution in [0.5, 0.6) is 11.5 Å². The minimum atomic E-state index is -0.271. The smallest absolute Gasteiger partial charge is 0.131 e. The Hall–Kier alpha value is -2.22. The Balaban J connectivity index is 2.03. The van der Waals surface area contributed by atoms with Gasteiger partial charge in [-0.2, -0.15) is 0 Å². The molecule has 0 fully saturated rings. The summed E-state index contributed by atoms with van der Waals surface area (Å²) in [4.78, 5) is 0. The Morgan fingerprint density at radius 3 is 2.25 bits per heavy atom. The van der Waals surface area contributed by atoms with Crippen LogP contribution in [-0.4, -0.2) is 5.60 Å². The van der Waals surface area contributed by atoms with Gasteiger partial charge < -0.3 is 9.47 Å². The molecule has 0 saturated heterocycles. The van der Waals surface area contributed by atoms with Crippen molar-refractivity contribution in [1.29, 1.82) is 0 Å². The summed E-state index contributed by atoms with van der Waals surface area (Å²) in [6, 6.07) is 10.3. The predicted octanol–water partition coefficient (Wildman–Crippen LogP) is 5.77. The third kappa shape index (κ3) is 2.93. The van der Waals surface area contributed by atoms with Gasteiger partial charge in [0.1, 0.15) is 23.7 Å². The van der Waals surface area contributed by atoms with Gasteiger partial charge >= 0.3 is 0 Å². The molecular weight excluding hydrogens is 296 g/mol. The molecule has 3 rings (SSSR count). The van der Waals surface area contributed by atoms with Crippen molar-refractivity contribution in [3.05, 3.63) is 64.2 Å². The maximum atomic E-state index is 6.27. The topological polar surface area (TPSA) is 18.5 Å². The van der Waals surface area contributed by atoms with Gasteiger partial charge in [0.15, 0.2) is 0 Å². The van der Waals surface area contributed by atoms with E-state index in [0.29, 0.717) is 6.61 Å². The molecule has 2 heteroatoms. The second-order valence-corrected chi connectivity index (χ2v) is 7.22. The van der Waals surface area contributed by atoms with E-state index in [1.165, 1.54) is 22.3 Å². The molecule has 0 bridgehead atoms. The average Bonchev–Trinajstić information content (AvgIpc) is 2.52. The van der Waals surface area contributed by atoms with E-state index in [1.54, 1.807) is 0 Å². The molecule has 0 atom stereocenters. The summed E-state index contributed by atoms with van der Waals surface area (Å²) < 4.78 is 12.5. The Kier molecular flexibility index (Phi) is 4.16. The zero-order chi connectivity index (χ0) is 17.5. The first-order chi connectivity index (χ1) is 11.3. The van der Waals surface area contributed by atoms with Gasteiger partial charge in [-0.25, -0.2) is 0 Å². The molecule has 0 radical (unpaired) electrons.